The zero-order chi connectivity index (χ0) is 17.1. The number of hydrogen-bond donors (Lipinski definition) is 1. The summed E-state index contributed by atoms with van der Waals surface area (Å²) in [6.07, 6.45) is 2.36. The molecule has 5 nitrogen and oxygen atoms in total. The standard InChI is InChI=1S/C16H14ClN3O2S2/c1-18-16-20(12(9-23-16)13-7-19-15(17)24-13)14(22)11(8-21)10-5-3-2-4-6-10/h2-8,12,22H,9H2,1H3/b14-11-,18-16-. The Balaban J connectivity index is 2.07. The molecule has 1 fully saturated rings. The number of carbonyl (C=O) groups excluding carboxylic acids is 1. The number of rotatable bonds is 4. The van der Waals surface area contributed by atoms with Gasteiger partial charge in [0.05, 0.1) is 11.6 Å². The van der Waals surface area contributed by atoms with Crippen molar-refractivity contribution >= 4 is 51.7 Å². The van der Waals surface area contributed by atoms with E-state index in [0.717, 1.165) is 4.88 Å². The second kappa shape index (κ2) is 7.38. The summed E-state index contributed by atoms with van der Waals surface area (Å²) in [5.41, 5.74) is 0.873. The van der Waals surface area contributed by atoms with Crippen molar-refractivity contribution in [2.24, 2.45) is 4.99 Å². The second-order valence-electron chi connectivity index (χ2n) is 4.94. The number of aliphatic hydroxyl groups is 1. The van der Waals surface area contributed by atoms with E-state index in [1.165, 1.54) is 23.1 Å². The normalized spacial score (nSPS) is 20.3. The van der Waals surface area contributed by atoms with E-state index in [4.69, 9.17) is 11.6 Å². The van der Waals surface area contributed by atoms with Gasteiger partial charge in [0, 0.05) is 23.9 Å². The van der Waals surface area contributed by atoms with Crippen LogP contribution in [0.2, 0.25) is 4.47 Å². The molecule has 0 saturated carbocycles. The highest BCUT2D eigenvalue weighted by Crippen LogP contribution is 2.41. The quantitative estimate of drug-likeness (QED) is 0.494. The molecule has 1 unspecified atom stereocenters. The Kier molecular flexibility index (Phi) is 5.23. The van der Waals surface area contributed by atoms with E-state index in [1.54, 1.807) is 30.3 Å². The van der Waals surface area contributed by atoms with Gasteiger partial charge in [-0.3, -0.25) is 14.7 Å². The molecule has 1 aromatic heterocycles. The van der Waals surface area contributed by atoms with E-state index in [9.17, 15) is 9.90 Å². The Bertz CT molecular complexity index is 805. The molecular formula is C16H14ClN3O2S2. The van der Waals surface area contributed by atoms with Gasteiger partial charge in [0.25, 0.3) is 0 Å². The number of nitrogens with zero attached hydrogens (tertiary/aromatic N) is 3. The highest BCUT2D eigenvalue weighted by atomic mass is 35.5. The molecular weight excluding hydrogens is 366 g/mol. The van der Waals surface area contributed by atoms with E-state index < -0.39 is 0 Å². The van der Waals surface area contributed by atoms with Gasteiger partial charge in [-0.25, -0.2) is 4.98 Å². The van der Waals surface area contributed by atoms with E-state index in [-0.39, 0.29) is 17.5 Å². The highest BCUT2D eigenvalue weighted by Gasteiger charge is 2.36. The first-order valence-corrected chi connectivity index (χ1v) is 9.27. The average molecular weight is 380 g/mol. The summed E-state index contributed by atoms with van der Waals surface area (Å²) in [6.45, 7) is 0. The number of benzene rings is 1. The van der Waals surface area contributed by atoms with E-state index in [2.05, 4.69) is 9.98 Å². The molecule has 2 aromatic rings. The summed E-state index contributed by atoms with van der Waals surface area (Å²) < 4.78 is 0.443. The van der Waals surface area contributed by atoms with Crippen molar-refractivity contribution in [3.8, 4) is 0 Å². The Morgan fingerprint density at radius 3 is 2.79 bits per heavy atom. The van der Waals surface area contributed by atoms with Crippen LogP contribution in [0.4, 0.5) is 0 Å². The number of aliphatic hydroxyl groups excluding tert-OH is 1. The predicted octanol–water partition coefficient (Wildman–Crippen LogP) is 4.00. The van der Waals surface area contributed by atoms with Gasteiger partial charge >= 0.3 is 0 Å². The predicted molar refractivity (Wildman–Crippen MR) is 99.6 cm³/mol. The molecule has 24 heavy (non-hydrogen) atoms. The summed E-state index contributed by atoms with van der Waals surface area (Å²) in [7, 11) is 1.66. The lowest BCUT2D eigenvalue weighted by molar-refractivity contribution is -0.103. The number of aldehydes is 1. The zero-order valence-electron chi connectivity index (χ0n) is 12.7. The lowest BCUT2D eigenvalue weighted by Crippen LogP contribution is -2.28. The lowest BCUT2D eigenvalue weighted by atomic mass is 10.1. The topological polar surface area (TPSA) is 65.8 Å². The molecule has 1 aromatic carbocycles. The van der Waals surface area contributed by atoms with Crippen molar-refractivity contribution in [3.05, 3.63) is 57.3 Å². The molecule has 3 rings (SSSR count). The largest absolute Gasteiger partial charge is 0.494 e. The van der Waals surface area contributed by atoms with Gasteiger partial charge in [-0.15, -0.1) is 11.3 Å². The second-order valence-corrected chi connectivity index (χ2v) is 7.57. The van der Waals surface area contributed by atoms with Crippen LogP contribution < -0.4 is 0 Å². The Morgan fingerprint density at radius 1 is 1.46 bits per heavy atom. The molecule has 1 aliphatic rings. The first-order chi connectivity index (χ1) is 11.7. The lowest BCUT2D eigenvalue weighted by Gasteiger charge is -2.25. The van der Waals surface area contributed by atoms with Crippen LogP contribution in [0.15, 0.2) is 47.4 Å². The number of allylic oxidation sites excluding steroid dienone is 1. The van der Waals surface area contributed by atoms with Gasteiger partial charge in [0.2, 0.25) is 5.88 Å². The van der Waals surface area contributed by atoms with Crippen LogP contribution in [0, 0.1) is 0 Å². The molecule has 2 heterocycles. The molecule has 0 radical (unpaired) electrons. The van der Waals surface area contributed by atoms with Crippen LogP contribution in [-0.2, 0) is 4.79 Å². The van der Waals surface area contributed by atoms with Crippen LogP contribution in [0.1, 0.15) is 16.5 Å². The summed E-state index contributed by atoms with van der Waals surface area (Å²) in [6, 6.07) is 8.89. The summed E-state index contributed by atoms with van der Waals surface area (Å²) in [4.78, 5) is 22.5. The molecule has 0 bridgehead atoms. The van der Waals surface area contributed by atoms with Gasteiger partial charge in [-0.05, 0) is 5.56 Å². The maximum Gasteiger partial charge on any atom is 0.205 e. The van der Waals surface area contributed by atoms with Gasteiger partial charge in [-0.2, -0.15) is 0 Å². The molecule has 124 valence electrons. The number of hydrogen-bond acceptors (Lipinski definition) is 6. The third-order valence-electron chi connectivity index (χ3n) is 3.57. The number of aliphatic imine (C=N–C) groups is 1. The van der Waals surface area contributed by atoms with Gasteiger partial charge < -0.3 is 5.11 Å². The van der Waals surface area contributed by atoms with E-state index >= 15 is 0 Å². The van der Waals surface area contributed by atoms with Crippen LogP contribution in [-0.4, -0.2) is 39.2 Å². The zero-order valence-corrected chi connectivity index (χ0v) is 15.1. The Hall–Kier alpha value is -1.83. The van der Waals surface area contributed by atoms with Crippen molar-refractivity contribution < 1.29 is 9.90 Å². The van der Waals surface area contributed by atoms with Gasteiger partial charge in [0.1, 0.15) is 0 Å². The van der Waals surface area contributed by atoms with Crippen molar-refractivity contribution in [2.75, 3.05) is 12.8 Å². The van der Waals surface area contributed by atoms with Crippen molar-refractivity contribution in [3.63, 3.8) is 0 Å². The van der Waals surface area contributed by atoms with Crippen molar-refractivity contribution in [1.29, 1.82) is 0 Å². The molecule has 1 aliphatic heterocycles. The molecule has 1 saturated heterocycles. The fraction of sp³-hybridized carbons (Fsp3) is 0.188. The maximum atomic E-state index is 11.6. The van der Waals surface area contributed by atoms with Crippen LogP contribution in [0.3, 0.4) is 0 Å². The molecule has 0 amide bonds. The minimum atomic E-state index is -0.169. The fourth-order valence-electron chi connectivity index (χ4n) is 2.47. The van der Waals surface area contributed by atoms with Crippen molar-refractivity contribution in [2.45, 2.75) is 6.04 Å². The highest BCUT2D eigenvalue weighted by molar-refractivity contribution is 8.14. The number of thioether (sulfide) groups is 1. The van der Waals surface area contributed by atoms with E-state index in [0.29, 0.717) is 27.2 Å². The van der Waals surface area contributed by atoms with E-state index in [1.807, 2.05) is 18.2 Å². The number of halogens is 1. The third-order valence-corrected chi connectivity index (χ3v) is 5.91. The Morgan fingerprint density at radius 2 is 2.21 bits per heavy atom. The number of aromatic nitrogens is 1. The van der Waals surface area contributed by atoms with Crippen molar-refractivity contribution in [1.82, 2.24) is 9.88 Å². The SMILES string of the molecule is C/N=C1\SCC(c2cnc(Cl)s2)N1/C(O)=C(\C=O)c1ccccc1. The first-order valence-electron chi connectivity index (χ1n) is 7.09. The van der Waals surface area contributed by atoms with Crippen LogP contribution in [0.25, 0.3) is 5.57 Å². The summed E-state index contributed by atoms with van der Waals surface area (Å²) in [5, 5.41) is 11.5. The molecule has 0 spiro atoms. The summed E-state index contributed by atoms with van der Waals surface area (Å²) >= 11 is 8.82. The molecule has 1 atom stereocenters. The number of carbonyl (C=O) groups is 1. The number of thiazole rings is 1. The number of amidine groups is 1. The molecule has 8 heteroatoms. The Labute approximate surface area is 152 Å². The molecule has 1 N–H and O–H groups in total. The maximum absolute atomic E-state index is 11.6. The minimum Gasteiger partial charge on any atom is -0.494 e. The third kappa shape index (κ3) is 3.19. The minimum absolute atomic E-state index is 0.115. The smallest absolute Gasteiger partial charge is 0.205 e. The fourth-order valence-corrected chi connectivity index (χ4v) is 4.74. The summed E-state index contributed by atoms with van der Waals surface area (Å²) in [5.74, 6) is 0.576. The molecule has 0 aliphatic carbocycles. The monoisotopic (exact) mass is 379 g/mol. The van der Waals surface area contributed by atoms with Crippen LogP contribution in [0.5, 0.6) is 0 Å². The first kappa shape index (κ1) is 17.0. The average Bonchev–Trinajstić information content (AvgIpc) is 3.22. The van der Waals surface area contributed by atoms with Gasteiger partial charge in [0.15, 0.2) is 15.9 Å². The van der Waals surface area contributed by atoms with Crippen LogP contribution >= 0.6 is 34.7 Å². The van der Waals surface area contributed by atoms with Gasteiger partial charge in [-0.1, -0.05) is 53.7 Å².